The van der Waals surface area contributed by atoms with Gasteiger partial charge in [-0.15, -0.1) is 0 Å². The molecule has 1 saturated heterocycles. The molecule has 0 radical (unpaired) electrons. The normalized spacial score (nSPS) is 15.4. The van der Waals surface area contributed by atoms with Crippen LogP contribution in [0.2, 0.25) is 0 Å². The van der Waals surface area contributed by atoms with Crippen molar-refractivity contribution in [2.24, 2.45) is 0 Å². The van der Waals surface area contributed by atoms with E-state index in [0.29, 0.717) is 13.0 Å². The topological polar surface area (TPSA) is 59.2 Å². The Kier molecular flexibility index (Phi) is 6.05. The molecule has 0 spiro atoms. The first-order valence-corrected chi connectivity index (χ1v) is 10.3. The van der Waals surface area contributed by atoms with Crippen LogP contribution in [0.5, 0.6) is 0 Å². The van der Waals surface area contributed by atoms with Gasteiger partial charge in [0.2, 0.25) is 5.91 Å². The molecule has 0 saturated carbocycles. The molecular formula is C22H28N6O. The highest BCUT2D eigenvalue weighted by molar-refractivity contribution is 5.76. The van der Waals surface area contributed by atoms with E-state index in [9.17, 15) is 4.79 Å². The number of amides is 1. The van der Waals surface area contributed by atoms with Crippen molar-refractivity contribution in [2.75, 3.05) is 26.2 Å². The van der Waals surface area contributed by atoms with Crippen LogP contribution in [0.4, 0.5) is 0 Å². The minimum absolute atomic E-state index is 0.224. The van der Waals surface area contributed by atoms with Crippen molar-refractivity contribution in [2.45, 2.75) is 32.9 Å². The zero-order chi connectivity index (χ0) is 20.1. The van der Waals surface area contributed by atoms with E-state index in [2.05, 4.69) is 40.2 Å². The summed E-state index contributed by atoms with van der Waals surface area (Å²) in [5.74, 6) is 0.224. The summed E-state index contributed by atoms with van der Waals surface area (Å²) in [5.41, 5.74) is 3.69. The zero-order valence-electron chi connectivity index (χ0n) is 16.9. The number of carbonyl (C=O) groups is 1. The van der Waals surface area contributed by atoms with E-state index in [1.54, 1.807) is 12.4 Å². The molecule has 29 heavy (non-hydrogen) atoms. The number of aromatic nitrogens is 4. The van der Waals surface area contributed by atoms with Gasteiger partial charge in [0.05, 0.1) is 5.69 Å². The van der Waals surface area contributed by atoms with Gasteiger partial charge in [0.25, 0.3) is 0 Å². The van der Waals surface area contributed by atoms with Crippen molar-refractivity contribution in [1.82, 2.24) is 29.4 Å². The lowest BCUT2D eigenvalue weighted by atomic mass is 10.1. The maximum atomic E-state index is 12.6. The van der Waals surface area contributed by atoms with Crippen molar-refractivity contribution in [1.29, 1.82) is 0 Å². The summed E-state index contributed by atoms with van der Waals surface area (Å²) in [6, 6.07) is 10.3. The molecule has 3 heterocycles. The number of rotatable bonds is 6. The van der Waals surface area contributed by atoms with Gasteiger partial charge < -0.3 is 4.90 Å². The van der Waals surface area contributed by atoms with Crippen molar-refractivity contribution in [3.8, 4) is 5.69 Å². The fraction of sp³-hybridized carbons (Fsp3) is 0.409. The van der Waals surface area contributed by atoms with Gasteiger partial charge in [-0.2, -0.15) is 10.2 Å². The smallest absolute Gasteiger partial charge is 0.224 e. The van der Waals surface area contributed by atoms with Crippen molar-refractivity contribution >= 4 is 5.91 Å². The minimum Gasteiger partial charge on any atom is -0.341 e. The highest BCUT2D eigenvalue weighted by Crippen LogP contribution is 2.17. The van der Waals surface area contributed by atoms with Crippen LogP contribution in [0.3, 0.4) is 0 Å². The highest BCUT2D eigenvalue weighted by atomic mass is 16.2. The van der Waals surface area contributed by atoms with Gasteiger partial charge in [-0.05, 0) is 48.7 Å². The Labute approximate surface area is 171 Å². The fourth-order valence-electron chi connectivity index (χ4n) is 3.84. The van der Waals surface area contributed by atoms with E-state index < -0.39 is 0 Å². The molecule has 0 N–H and O–H groups in total. The van der Waals surface area contributed by atoms with E-state index in [-0.39, 0.29) is 5.91 Å². The number of hydrogen-bond acceptors (Lipinski definition) is 4. The van der Waals surface area contributed by atoms with E-state index in [4.69, 9.17) is 0 Å². The Morgan fingerprint density at radius 2 is 1.90 bits per heavy atom. The Balaban J connectivity index is 1.31. The van der Waals surface area contributed by atoms with Gasteiger partial charge in [0.1, 0.15) is 0 Å². The van der Waals surface area contributed by atoms with Crippen LogP contribution in [0.25, 0.3) is 5.69 Å². The molecule has 1 aromatic carbocycles. The van der Waals surface area contributed by atoms with E-state index >= 15 is 0 Å². The van der Waals surface area contributed by atoms with Crippen LogP contribution in [-0.2, 0) is 17.9 Å². The van der Waals surface area contributed by atoms with Crippen molar-refractivity contribution in [3.63, 3.8) is 0 Å². The second-order valence-corrected chi connectivity index (χ2v) is 7.59. The fourth-order valence-corrected chi connectivity index (χ4v) is 3.84. The quantitative estimate of drug-likeness (QED) is 0.647. The molecule has 0 unspecified atom stereocenters. The standard InChI is InChI=1S/C22H28N6O/c1-19-17-21(28-13-3-9-24-28)6-5-20(19)18-25-10-4-11-26(16-15-25)22(29)7-14-27-12-2-8-23-27/h2-3,5-6,8-9,12-13,17H,4,7,10-11,14-16,18H2,1H3. The molecule has 0 bridgehead atoms. The highest BCUT2D eigenvalue weighted by Gasteiger charge is 2.19. The largest absolute Gasteiger partial charge is 0.341 e. The maximum Gasteiger partial charge on any atom is 0.224 e. The summed E-state index contributed by atoms with van der Waals surface area (Å²) in [6.45, 7) is 7.28. The number of carbonyl (C=O) groups excluding carboxylic acids is 1. The van der Waals surface area contributed by atoms with Gasteiger partial charge in [0, 0.05) is 70.5 Å². The van der Waals surface area contributed by atoms with Gasteiger partial charge in [-0.25, -0.2) is 4.68 Å². The second kappa shape index (κ2) is 9.05. The Morgan fingerprint density at radius 1 is 1.03 bits per heavy atom. The molecule has 7 heteroatoms. The third-order valence-electron chi connectivity index (χ3n) is 5.54. The van der Waals surface area contributed by atoms with Crippen LogP contribution < -0.4 is 0 Å². The maximum absolute atomic E-state index is 12.6. The number of benzene rings is 1. The molecule has 7 nitrogen and oxygen atoms in total. The van der Waals surface area contributed by atoms with Gasteiger partial charge in [-0.1, -0.05) is 6.07 Å². The first-order valence-electron chi connectivity index (χ1n) is 10.3. The van der Waals surface area contributed by atoms with Crippen LogP contribution in [0.1, 0.15) is 24.0 Å². The summed E-state index contributed by atoms with van der Waals surface area (Å²) in [6.07, 6.45) is 8.92. The molecule has 1 aliphatic rings. The van der Waals surface area contributed by atoms with Crippen LogP contribution >= 0.6 is 0 Å². The summed E-state index contributed by atoms with van der Waals surface area (Å²) >= 11 is 0. The zero-order valence-corrected chi connectivity index (χ0v) is 16.9. The summed E-state index contributed by atoms with van der Waals surface area (Å²) in [5, 5.41) is 8.48. The van der Waals surface area contributed by atoms with E-state index in [1.165, 1.54) is 11.1 Å². The molecular weight excluding hydrogens is 364 g/mol. The third kappa shape index (κ3) is 4.92. The lowest BCUT2D eigenvalue weighted by Crippen LogP contribution is -2.35. The average Bonchev–Trinajstić information content (AvgIpc) is 3.39. The van der Waals surface area contributed by atoms with E-state index in [1.807, 2.05) is 38.8 Å². The Bertz CT molecular complexity index is 919. The second-order valence-electron chi connectivity index (χ2n) is 7.59. The first kappa shape index (κ1) is 19.4. The summed E-state index contributed by atoms with van der Waals surface area (Å²) < 4.78 is 3.70. The van der Waals surface area contributed by atoms with E-state index in [0.717, 1.165) is 44.8 Å². The number of hydrogen-bond donors (Lipinski definition) is 0. The molecule has 0 atom stereocenters. The molecule has 4 rings (SSSR count). The third-order valence-corrected chi connectivity index (χ3v) is 5.54. The summed E-state index contributed by atoms with van der Waals surface area (Å²) in [7, 11) is 0. The summed E-state index contributed by atoms with van der Waals surface area (Å²) in [4.78, 5) is 17.0. The van der Waals surface area contributed by atoms with Gasteiger partial charge in [0.15, 0.2) is 0 Å². The molecule has 1 fully saturated rings. The molecule has 152 valence electrons. The lowest BCUT2D eigenvalue weighted by Gasteiger charge is -2.23. The minimum atomic E-state index is 0.224. The number of aryl methyl sites for hydroxylation is 2. The molecule has 2 aromatic heterocycles. The first-order chi connectivity index (χ1) is 14.2. The molecule has 0 aliphatic carbocycles. The van der Waals surface area contributed by atoms with Crippen LogP contribution in [0, 0.1) is 6.92 Å². The van der Waals surface area contributed by atoms with Gasteiger partial charge >= 0.3 is 0 Å². The average molecular weight is 393 g/mol. The number of nitrogens with zero attached hydrogens (tertiary/aromatic N) is 6. The predicted octanol–water partition coefficient (Wildman–Crippen LogP) is 2.50. The monoisotopic (exact) mass is 392 g/mol. The Morgan fingerprint density at radius 3 is 2.66 bits per heavy atom. The molecule has 1 aliphatic heterocycles. The Hall–Kier alpha value is -2.93. The molecule has 3 aromatic rings. The van der Waals surface area contributed by atoms with Gasteiger partial charge in [-0.3, -0.25) is 14.4 Å². The van der Waals surface area contributed by atoms with Crippen LogP contribution in [0.15, 0.2) is 55.1 Å². The lowest BCUT2D eigenvalue weighted by molar-refractivity contribution is -0.131. The van der Waals surface area contributed by atoms with Crippen molar-refractivity contribution in [3.05, 3.63) is 66.2 Å². The van der Waals surface area contributed by atoms with Crippen LogP contribution in [-0.4, -0.2) is 61.4 Å². The van der Waals surface area contributed by atoms with Crippen molar-refractivity contribution < 1.29 is 4.79 Å². The molecule has 1 amide bonds. The SMILES string of the molecule is Cc1cc(-n2cccn2)ccc1CN1CCCN(C(=O)CCn2cccn2)CC1. The predicted molar refractivity (Wildman–Crippen MR) is 112 cm³/mol.